The van der Waals surface area contributed by atoms with E-state index in [1.54, 1.807) is 24.8 Å². The highest BCUT2D eigenvalue weighted by molar-refractivity contribution is 5.97. The lowest BCUT2D eigenvalue weighted by Crippen LogP contribution is -2.28. The third-order valence-electron chi connectivity index (χ3n) is 3.44. The Morgan fingerprint density at radius 3 is 3.10 bits per heavy atom. The molecule has 1 amide bonds. The zero-order valence-electron chi connectivity index (χ0n) is 11.9. The summed E-state index contributed by atoms with van der Waals surface area (Å²) in [6.45, 7) is 2.51. The average molecular weight is 284 g/mol. The first-order valence-corrected chi connectivity index (χ1v) is 6.70. The number of aromatic amines is 1. The van der Waals surface area contributed by atoms with Gasteiger partial charge in [0.25, 0.3) is 5.91 Å². The molecule has 0 aliphatic carbocycles. The van der Waals surface area contributed by atoms with E-state index in [0.29, 0.717) is 12.1 Å². The summed E-state index contributed by atoms with van der Waals surface area (Å²) >= 11 is 0. The second-order valence-electron chi connectivity index (χ2n) is 5.05. The molecule has 0 aliphatic rings. The number of nitrogens with zero attached hydrogens (tertiary/aromatic N) is 4. The molecular weight excluding hydrogens is 268 g/mol. The molecule has 2 heterocycles. The molecule has 0 saturated heterocycles. The van der Waals surface area contributed by atoms with Crippen LogP contribution in [0.4, 0.5) is 0 Å². The quantitative estimate of drug-likeness (QED) is 0.754. The van der Waals surface area contributed by atoms with E-state index in [2.05, 4.69) is 25.5 Å². The van der Waals surface area contributed by atoms with Crippen LogP contribution in [0.2, 0.25) is 0 Å². The predicted molar refractivity (Wildman–Crippen MR) is 77.8 cm³/mol. The smallest absolute Gasteiger partial charge is 0.251 e. The van der Waals surface area contributed by atoms with E-state index in [-0.39, 0.29) is 11.8 Å². The maximum Gasteiger partial charge on any atom is 0.251 e. The number of H-pyrrole nitrogens is 1. The van der Waals surface area contributed by atoms with Crippen LogP contribution >= 0.6 is 0 Å². The summed E-state index contributed by atoms with van der Waals surface area (Å²) in [5.41, 5.74) is 2.31. The molecule has 2 N–H and O–H groups in total. The van der Waals surface area contributed by atoms with E-state index in [4.69, 9.17) is 0 Å². The SMILES string of the molecule is CC(CNC(=O)c1ccc2nc[nH]c2c1)c1nncn1C. The Morgan fingerprint density at radius 1 is 1.48 bits per heavy atom. The second-order valence-corrected chi connectivity index (χ2v) is 5.05. The summed E-state index contributed by atoms with van der Waals surface area (Å²) in [4.78, 5) is 19.3. The Bertz CT molecular complexity index is 774. The molecule has 7 heteroatoms. The summed E-state index contributed by atoms with van der Waals surface area (Å²) in [6, 6.07) is 5.39. The molecular formula is C14H16N6O. The highest BCUT2D eigenvalue weighted by atomic mass is 16.1. The molecule has 0 saturated carbocycles. The number of carbonyl (C=O) groups excluding carboxylic acids is 1. The van der Waals surface area contributed by atoms with Gasteiger partial charge in [-0.05, 0) is 18.2 Å². The lowest BCUT2D eigenvalue weighted by Gasteiger charge is -2.11. The molecule has 2 aromatic heterocycles. The Labute approximate surface area is 121 Å². The summed E-state index contributed by atoms with van der Waals surface area (Å²) in [7, 11) is 1.89. The van der Waals surface area contributed by atoms with Crippen molar-refractivity contribution in [3.63, 3.8) is 0 Å². The van der Waals surface area contributed by atoms with Crippen LogP contribution in [-0.4, -0.2) is 37.2 Å². The first kappa shape index (κ1) is 13.3. The molecule has 3 aromatic rings. The van der Waals surface area contributed by atoms with Crippen LogP contribution in [0.5, 0.6) is 0 Å². The van der Waals surface area contributed by atoms with Crippen LogP contribution in [0.3, 0.4) is 0 Å². The first-order chi connectivity index (χ1) is 10.1. The summed E-state index contributed by atoms with van der Waals surface area (Å²) in [5.74, 6) is 0.831. The Balaban J connectivity index is 1.67. The van der Waals surface area contributed by atoms with Gasteiger partial charge in [-0.1, -0.05) is 6.92 Å². The van der Waals surface area contributed by atoms with Crippen LogP contribution in [-0.2, 0) is 7.05 Å². The van der Waals surface area contributed by atoms with E-state index < -0.39 is 0 Å². The molecule has 0 spiro atoms. The minimum atomic E-state index is -0.111. The third kappa shape index (κ3) is 2.62. The van der Waals surface area contributed by atoms with Gasteiger partial charge in [-0.15, -0.1) is 10.2 Å². The van der Waals surface area contributed by atoms with E-state index in [0.717, 1.165) is 16.9 Å². The summed E-state index contributed by atoms with van der Waals surface area (Å²) in [6.07, 6.45) is 3.27. The number of aryl methyl sites for hydroxylation is 1. The van der Waals surface area contributed by atoms with Gasteiger partial charge in [0, 0.05) is 25.1 Å². The van der Waals surface area contributed by atoms with Crippen LogP contribution in [0.1, 0.15) is 29.0 Å². The molecule has 1 unspecified atom stereocenters. The monoisotopic (exact) mass is 284 g/mol. The summed E-state index contributed by atoms with van der Waals surface area (Å²) < 4.78 is 1.85. The number of imidazole rings is 1. The second kappa shape index (κ2) is 5.35. The van der Waals surface area contributed by atoms with Gasteiger partial charge in [-0.2, -0.15) is 0 Å². The molecule has 7 nitrogen and oxygen atoms in total. The van der Waals surface area contributed by atoms with Gasteiger partial charge < -0.3 is 14.9 Å². The van der Waals surface area contributed by atoms with Crippen molar-refractivity contribution in [3.8, 4) is 0 Å². The lowest BCUT2D eigenvalue weighted by molar-refractivity contribution is 0.0951. The van der Waals surface area contributed by atoms with Crippen molar-refractivity contribution < 1.29 is 4.79 Å². The molecule has 21 heavy (non-hydrogen) atoms. The molecule has 1 aromatic carbocycles. The van der Waals surface area contributed by atoms with Gasteiger partial charge in [-0.25, -0.2) is 4.98 Å². The minimum absolute atomic E-state index is 0.0948. The van der Waals surface area contributed by atoms with Gasteiger partial charge in [0.15, 0.2) is 0 Å². The first-order valence-electron chi connectivity index (χ1n) is 6.70. The Hall–Kier alpha value is -2.70. The Kier molecular flexibility index (Phi) is 3.39. The molecule has 0 radical (unpaired) electrons. The van der Waals surface area contributed by atoms with Crippen LogP contribution in [0.15, 0.2) is 30.9 Å². The fraction of sp³-hybridized carbons (Fsp3) is 0.286. The summed E-state index contributed by atoms with van der Waals surface area (Å²) in [5, 5.41) is 10.8. The van der Waals surface area contributed by atoms with Crippen molar-refractivity contribution in [3.05, 3.63) is 42.2 Å². The standard InChI is InChI=1S/C14H16N6O/c1-9(13-19-18-8-20(13)2)6-15-14(21)10-3-4-11-12(5-10)17-7-16-11/h3-5,7-9H,6H2,1-2H3,(H,15,21)(H,16,17). The van der Waals surface area contributed by atoms with E-state index >= 15 is 0 Å². The van der Waals surface area contributed by atoms with Crippen molar-refractivity contribution in [2.45, 2.75) is 12.8 Å². The normalized spacial score (nSPS) is 12.5. The van der Waals surface area contributed by atoms with E-state index in [1.807, 2.05) is 24.6 Å². The van der Waals surface area contributed by atoms with Crippen molar-refractivity contribution in [1.82, 2.24) is 30.0 Å². The zero-order chi connectivity index (χ0) is 14.8. The maximum absolute atomic E-state index is 12.2. The number of hydrogen-bond donors (Lipinski definition) is 2. The van der Waals surface area contributed by atoms with Gasteiger partial charge in [-0.3, -0.25) is 4.79 Å². The molecule has 1 atom stereocenters. The van der Waals surface area contributed by atoms with E-state index in [9.17, 15) is 4.79 Å². The molecule has 0 aliphatic heterocycles. The number of hydrogen-bond acceptors (Lipinski definition) is 4. The largest absolute Gasteiger partial charge is 0.351 e. The number of benzene rings is 1. The third-order valence-corrected chi connectivity index (χ3v) is 3.44. The number of carbonyl (C=O) groups is 1. The molecule has 0 bridgehead atoms. The maximum atomic E-state index is 12.2. The van der Waals surface area contributed by atoms with Crippen molar-refractivity contribution >= 4 is 16.9 Å². The topological polar surface area (TPSA) is 88.5 Å². The van der Waals surface area contributed by atoms with Crippen LogP contribution < -0.4 is 5.32 Å². The number of aromatic nitrogens is 5. The van der Waals surface area contributed by atoms with Gasteiger partial charge >= 0.3 is 0 Å². The minimum Gasteiger partial charge on any atom is -0.351 e. The van der Waals surface area contributed by atoms with Gasteiger partial charge in [0.1, 0.15) is 12.2 Å². The number of rotatable bonds is 4. The highest BCUT2D eigenvalue weighted by Crippen LogP contribution is 2.13. The molecule has 108 valence electrons. The predicted octanol–water partition coefficient (Wildman–Crippen LogP) is 1.22. The molecule has 3 rings (SSSR count). The number of fused-ring (bicyclic) bond motifs is 1. The van der Waals surface area contributed by atoms with Crippen molar-refractivity contribution in [1.29, 1.82) is 0 Å². The van der Waals surface area contributed by atoms with E-state index in [1.165, 1.54) is 0 Å². The van der Waals surface area contributed by atoms with Gasteiger partial charge in [0.2, 0.25) is 0 Å². The average Bonchev–Trinajstić information content (AvgIpc) is 3.11. The number of amides is 1. The molecule has 0 fully saturated rings. The van der Waals surface area contributed by atoms with Crippen molar-refractivity contribution in [2.75, 3.05) is 6.54 Å². The fourth-order valence-corrected chi connectivity index (χ4v) is 2.25. The van der Waals surface area contributed by atoms with Crippen molar-refractivity contribution in [2.24, 2.45) is 7.05 Å². The Morgan fingerprint density at radius 2 is 2.33 bits per heavy atom. The fourth-order valence-electron chi connectivity index (χ4n) is 2.25. The van der Waals surface area contributed by atoms with Gasteiger partial charge in [0.05, 0.1) is 17.4 Å². The van der Waals surface area contributed by atoms with Crippen LogP contribution in [0, 0.1) is 0 Å². The highest BCUT2D eigenvalue weighted by Gasteiger charge is 2.14. The van der Waals surface area contributed by atoms with Crippen LogP contribution in [0.25, 0.3) is 11.0 Å². The lowest BCUT2D eigenvalue weighted by atomic mass is 10.1. The number of nitrogens with one attached hydrogen (secondary N) is 2. The zero-order valence-corrected chi connectivity index (χ0v) is 11.9.